The average Bonchev–Trinajstić information content (AvgIpc) is 2.96. The van der Waals surface area contributed by atoms with Gasteiger partial charge in [0.2, 0.25) is 0 Å². The molecule has 2 rings (SSSR count). The molecule has 2 amide bonds. The maximum absolute atomic E-state index is 12.0. The first-order valence-corrected chi connectivity index (χ1v) is 9.50. The van der Waals surface area contributed by atoms with Crippen LogP contribution in [0.15, 0.2) is 16.5 Å². The Morgan fingerprint density at radius 3 is 2.68 bits per heavy atom. The Kier molecular flexibility index (Phi) is 4.84. The summed E-state index contributed by atoms with van der Waals surface area (Å²) in [7, 11) is -1.53. The second-order valence-corrected chi connectivity index (χ2v) is 8.52. The molecule has 0 bridgehead atoms. The summed E-state index contributed by atoms with van der Waals surface area (Å²) < 4.78 is 28.3. The molecular formula is C15H24N2O4S. The van der Waals surface area contributed by atoms with E-state index in [9.17, 15) is 13.2 Å². The van der Waals surface area contributed by atoms with Gasteiger partial charge >= 0.3 is 6.03 Å². The van der Waals surface area contributed by atoms with Gasteiger partial charge in [-0.15, -0.1) is 0 Å². The normalized spacial score (nSPS) is 22.2. The minimum Gasteiger partial charge on any atom is -0.464 e. The lowest BCUT2D eigenvalue weighted by Gasteiger charge is -2.24. The summed E-state index contributed by atoms with van der Waals surface area (Å²) in [5, 5.41) is 2.75. The average molecular weight is 328 g/mol. The Hall–Kier alpha value is -1.50. The summed E-state index contributed by atoms with van der Waals surface area (Å²) >= 11 is 0. The van der Waals surface area contributed by atoms with Gasteiger partial charge in [0.25, 0.3) is 0 Å². The zero-order valence-electron chi connectivity index (χ0n) is 13.5. The Bertz CT molecular complexity index is 638. The van der Waals surface area contributed by atoms with E-state index in [1.807, 2.05) is 12.1 Å². The number of furan rings is 1. The van der Waals surface area contributed by atoms with Crippen molar-refractivity contribution in [3.8, 4) is 0 Å². The lowest BCUT2D eigenvalue weighted by molar-refractivity contribution is 0.196. The van der Waals surface area contributed by atoms with E-state index in [0.717, 1.165) is 12.2 Å². The van der Waals surface area contributed by atoms with Crippen LogP contribution in [0.5, 0.6) is 0 Å². The number of hydrogen-bond acceptors (Lipinski definition) is 4. The van der Waals surface area contributed by atoms with Crippen LogP contribution in [0.1, 0.15) is 37.7 Å². The second-order valence-electron chi connectivity index (χ2n) is 6.33. The minimum absolute atomic E-state index is 0.0542. The fourth-order valence-electron chi connectivity index (χ4n) is 2.44. The molecule has 1 heterocycles. The van der Waals surface area contributed by atoms with Gasteiger partial charge in [0, 0.05) is 25.3 Å². The van der Waals surface area contributed by atoms with Gasteiger partial charge in [0.1, 0.15) is 21.4 Å². The molecule has 1 saturated carbocycles. The van der Waals surface area contributed by atoms with Gasteiger partial charge in [-0.2, -0.15) is 0 Å². The topological polar surface area (TPSA) is 79.6 Å². The predicted molar refractivity (Wildman–Crippen MR) is 84.4 cm³/mol. The summed E-state index contributed by atoms with van der Waals surface area (Å²) in [4.78, 5) is 13.4. The van der Waals surface area contributed by atoms with Crippen LogP contribution < -0.4 is 5.32 Å². The smallest absolute Gasteiger partial charge is 0.317 e. The van der Waals surface area contributed by atoms with Crippen molar-refractivity contribution in [1.29, 1.82) is 0 Å². The van der Waals surface area contributed by atoms with Crippen molar-refractivity contribution in [2.24, 2.45) is 5.92 Å². The summed E-state index contributed by atoms with van der Waals surface area (Å²) in [6.45, 7) is 4.20. The SMILES string of the molecule is C[C@@H]1C[C@@H]1c1ccc(CNC(=O)N(C)[C@@H](C)CS(C)(=O)=O)o1. The summed E-state index contributed by atoms with van der Waals surface area (Å²) in [5.41, 5.74) is 0. The summed E-state index contributed by atoms with van der Waals surface area (Å²) in [5.74, 6) is 2.84. The van der Waals surface area contributed by atoms with Crippen molar-refractivity contribution >= 4 is 15.9 Å². The molecule has 1 aliphatic carbocycles. The van der Waals surface area contributed by atoms with Crippen molar-refractivity contribution in [2.45, 2.75) is 38.8 Å². The van der Waals surface area contributed by atoms with Crippen molar-refractivity contribution in [1.82, 2.24) is 10.2 Å². The Morgan fingerprint density at radius 1 is 1.50 bits per heavy atom. The van der Waals surface area contributed by atoms with Gasteiger partial charge in [-0.05, 0) is 31.4 Å². The highest BCUT2D eigenvalue weighted by Gasteiger charge is 2.36. The fraction of sp³-hybridized carbons (Fsp3) is 0.667. The van der Waals surface area contributed by atoms with Crippen LogP contribution in [0.25, 0.3) is 0 Å². The fourth-order valence-corrected chi connectivity index (χ4v) is 3.54. The van der Waals surface area contributed by atoms with Crippen LogP contribution in [-0.2, 0) is 16.4 Å². The lowest BCUT2D eigenvalue weighted by atomic mass is 10.3. The number of nitrogens with one attached hydrogen (secondary N) is 1. The van der Waals surface area contributed by atoms with E-state index in [0.29, 0.717) is 24.1 Å². The van der Waals surface area contributed by atoms with Gasteiger partial charge in [-0.3, -0.25) is 0 Å². The molecule has 22 heavy (non-hydrogen) atoms. The first-order chi connectivity index (χ1) is 10.2. The minimum atomic E-state index is -3.11. The molecule has 0 spiro atoms. The summed E-state index contributed by atoms with van der Waals surface area (Å²) in [6.07, 6.45) is 2.32. The standard InChI is InChI=1S/C15H24N2O4S/c1-10-7-13(10)14-6-5-12(21-14)8-16-15(18)17(3)11(2)9-22(4,19)20/h5-6,10-11,13H,7-9H2,1-4H3,(H,16,18)/t10-,11+,13+/m1/s1. The predicted octanol–water partition coefficient (Wildman–Crippen LogP) is 1.98. The molecule has 3 atom stereocenters. The molecule has 1 aromatic heterocycles. The van der Waals surface area contributed by atoms with Crippen molar-refractivity contribution in [3.05, 3.63) is 23.7 Å². The Morgan fingerprint density at radius 2 is 2.14 bits per heavy atom. The molecular weight excluding hydrogens is 304 g/mol. The van der Waals surface area contributed by atoms with E-state index >= 15 is 0 Å². The molecule has 6 nitrogen and oxygen atoms in total. The Labute approximate surface area is 131 Å². The molecule has 1 aromatic rings. The number of urea groups is 1. The van der Waals surface area contributed by atoms with Crippen LogP contribution in [0, 0.1) is 5.92 Å². The van der Waals surface area contributed by atoms with Crippen LogP contribution in [-0.4, -0.2) is 44.4 Å². The number of carbonyl (C=O) groups excluding carboxylic acids is 1. The first-order valence-electron chi connectivity index (χ1n) is 7.44. The molecule has 0 unspecified atom stereocenters. The molecule has 0 radical (unpaired) electrons. The molecule has 0 saturated heterocycles. The Balaban J connectivity index is 1.82. The van der Waals surface area contributed by atoms with E-state index in [1.165, 1.54) is 11.2 Å². The highest BCUT2D eigenvalue weighted by molar-refractivity contribution is 7.90. The number of carbonyl (C=O) groups is 1. The molecule has 124 valence electrons. The highest BCUT2D eigenvalue weighted by atomic mass is 32.2. The lowest BCUT2D eigenvalue weighted by Crippen LogP contribution is -2.44. The highest BCUT2D eigenvalue weighted by Crippen LogP contribution is 2.47. The van der Waals surface area contributed by atoms with Crippen molar-refractivity contribution < 1.29 is 17.6 Å². The van der Waals surface area contributed by atoms with Crippen LogP contribution in [0.3, 0.4) is 0 Å². The van der Waals surface area contributed by atoms with Gasteiger partial charge in [-0.25, -0.2) is 13.2 Å². The maximum Gasteiger partial charge on any atom is 0.317 e. The quantitative estimate of drug-likeness (QED) is 0.866. The van der Waals surface area contributed by atoms with Gasteiger partial charge < -0.3 is 14.6 Å². The number of amides is 2. The zero-order chi connectivity index (χ0) is 16.5. The molecule has 1 aliphatic rings. The monoisotopic (exact) mass is 328 g/mol. The molecule has 7 heteroatoms. The number of sulfone groups is 1. The van der Waals surface area contributed by atoms with E-state index in [4.69, 9.17) is 4.42 Å². The van der Waals surface area contributed by atoms with Gasteiger partial charge in [0.05, 0.1) is 12.3 Å². The van der Waals surface area contributed by atoms with Crippen molar-refractivity contribution in [3.63, 3.8) is 0 Å². The van der Waals surface area contributed by atoms with E-state index < -0.39 is 9.84 Å². The number of rotatable bonds is 6. The third kappa shape index (κ3) is 4.50. The molecule has 1 fully saturated rings. The van der Waals surface area contributed by atoms with E-state index in [-0.39, 0.29) is 17.8 Å². The summed E-state index contributed by atoms with van der Waals surface area (Å²) in [6, 6.07) is 3.15. The molecule has 0 aliphatic heterocycles. The largest absolute Gasteiger partial charge is 0.464 e. The zero-order valence-corrected chi connectivity index (χ0v) is 14.3. The van der Waals surface area contributed by atoms with Crippen LogP contribution in [0.2, 0.25) is 0 Å². The maximum atomic E-state index is 12.0. The number of nitrogens with zero attached hydrogens (tertiary/aromatic N) is 1. The second kappa shape index (κ2) is 6.32. The van der Waals surface area contributed by atoms with E-state index in [1.54, 1.807) is 14.0 Å². The first kappa shape index (κ1) is 16.9. The third-order valence-corrected chi connectivity index (χ3v) is 5.18. The van der Waals surface area contributed by atoms with Crippen molar-refractivity contribution in [2.75, 3.05) is 19.1 Å². The number of hydrogen-bond donors (Lipinski definition) is 1. The van der Waals surface area contributed by atoms with E-state index in [2.05, 4.69) is 12.2 Å². The third-order valence-electron chi connectivity index (χ3n) is 4.10. The van der Waals surface area contributed by atoms with Crippen LogP contribution in [0.4, 0.5) is 4.79 Å². The van der Waals surface area contributed by atoms with Gasteiger partial charge in [0.15, 0.2) is 0 Å². The van der Waals surface area contributed by atoms with Gasteiger partial charge in [-0.1, -0.05) is 6.92 Å². The molecule has 1 N–H and O–H groups in total. The van der Waals surface area contributed by atoms with Crippen LogP contribution >= 0.6 is 0 Å². The molecule has 0 aromatic carbocycles.